The molecule has 18 nitrogen and oxygen atoms in total. The fourth-order valence-electron chi connectivity index (χ4n) is 8.64. The third-order valence-corrected chi connectivity index (χ3v) is 15.6. The Morgan fingerprint density at radius 1 is 0.430 bits per heavy atom. The minimum atomic E-state index is -0.666. The van der Waals surface area contributed by atoms with Gasteiger partial charge in [-0.25, -0.2) is 40.1 Å². The lowest BCUT2D eigenvalue weighted by Gasteiger charge is -2.12. The number of ether oxygens (including phenoxy) is 2. The van der Waals surface area contributed by atoms with Crippen molar-refractivity contribution in [2.24, 2.45) is 0 Å². The average Bonchev–Trinajstić information content (AvgIpc) is 0.888. The number of halogens is 4. The number of aliphatic carboxylic acids is 1. The SMILES string of the molecule is Brc1cccc(Br)n1.C.C.C.C.C.CCCCCCCCC(=O)N(C)OC.CCCCCCCCC(=O)O.CCCCCCCCC(=O)c1cccc(Br)n1.CCCCCCCCC(=O)c1cccc(C(=O)OC)n1.CCCCCCCCC(O)c1cccc(C(=O)OC)n1.CNOC.Cl. The van der Waals surface area contributed by atoms with Crippen molar-refractivity contribution in [1.82, 2.24) is 30.5 Å². The molecule has 0 saturated heterocycles. The topological polar surface area (TPSA) is 247 Å². The van der Waals surface area contributed by atoms with Crippen LogP contribution >= 0.6 is 60.2 Å². The van der Waals surface area contributed by atoms with Crippen LogP contribution in [0.4, 0.5) is 0 Å². The molecule has 4 aromatic rings. The van der Waals surface area contributed by atoms with E-state index in [0.717, 1.165) is 78.0 Å². The molecule has 0 aliphatic rings. The number of carboxylic acid groups (broad SMARTS) is 1. The number of carbonyl (C=O) groups excluding carboxylic acids is 5. The molecule has 3 N–H and O–H groups in total. The zero-order valence-corrected chi connectivity index (χ0v) is 65.1. The van der Waals surface area contributed by atoms with E-state index in [0.29, 0.717) is 49.2 Å². The van der Waals surface area contributed by atoms with Gasteiger partial charge in [-0.2, -0.15) is 0 Å². The number of nitrogens with one attached hydrogen (secondary N) is 1. The van der Waals surface area contributed by atoms with Gasteiger partial charge in [-0.3, -0.25) is 24.0 Å². The third kappa shape index (κ3) is 70.4. The van der Waals surface area contributed by atoms with E-state index in [9.17, 15) is 33.9 Å². The molecule has 0 aromatic carbocycles. The molecule has 0 radical (unpaired) electrons. The number of esters is 2. The molecule has 0 bridgehead atoms. The predicted octanol–water partition coefficient (Wildman–Crippen LogP) is 23.8. The Bertz CT molecular complexity index is 2500. The molecular formula is C78H140Br3ClN6O12. The number of carbonyl (C=O) groups is 6. The van der Waals surface area contributed by atoms with Crippen LogP contribution in [0.15, 0.2) is 86.6 Å². The van der Waals surface area contributed by atoms with Crippen molar-refractivity contribution in [3.05, 3.63) is 115 Å². The van der Waals surface area contributed by atoms with Crippen LogP contribution in [0, 0.1) is 0 Å². The predicted molar refractivity (Wildman–Crippen MR) is 431 cm³/mol. The molecule has 100 heavy (non-hydrogen) atoms. The number of hydroxylamine groups is 3. The molecule has 0 aliphatic heterocycles. The van der Waals surface area contributed by atoms with Crippen molar-refractivity contribution >= 4 is 95.6 Å². The van der Waals surface area contributed by atoms with Gasteiger partial charge in [0.05, 0.1) is 40.2 Å². The maximum Gasteiger partial charge on any atom is 0.356 e. The number of amides is 1. The highest BCUT2D eigenvalue weighted by Gasteiger charge is 2.15. The van der Waals surface area contributed by atoms with Crippen LogP contribution in [0.3, 0.4) is 0 Å². The van der Waals surface area contributed by atoms with E-state index in [1.807, 2.05) is 30.3 Å². The lowest BCUT2D eigenvalue weighted by Crippen LogP contribution is -2.24. The number of carboxylic acids is 1. The van der Waals surface area contributed by atoms with Crippen molar-refractivity contribution in [2.45, 2.75) is 303 Å². The number of aliphatic hydroxyl groups excluding tert-OH is 1. The Labute approximate surface area is 640 Å². The Morgan fingerprint density at radius 3 is 1.07 bits per heavy atom. The van der Waals surface area contributed by atoms with Gasteiger partial charge in [0.25, 0.3) is 0 Å². The molecular weight excluding hydrogens is 1490 g/mol. The summed E-state index contributed by atoms with van der Waals surface area (Å²) in [7, 11) is 9.07. The van der Waals surface area contributed by atoms with Gasteiger partial charge in [0, 0.05) is 39.8 Å². The number of Topliss-reactive ketones (excluding diaryl/α,β-unsaturated/α-hetero) is 2. The fraction of sp³-hybridized carbons (Fsp3) is 0.667. The van der Waals surface area contributed by atoms with Crippen molar-refractivity contribution in [3.63, 3.8) is 0 Å². The second-order valence-corrected chi connectivity index (χ2v) is 24.8. The standard InChI is InChI=1S/C16H25NO3.C16H23NO3.C14H20BrNO.C11H23NO2.C9H18O2.C5H3Br2N.C2H7NO.5CH4.ClH/c2*1-3-4-5-6-7-8-12-15(18)13-10-9-11-14(17-13)16(19)20-2;1-2-3-4-5-6-7-10-13(17)12-9-8-11-14(15)16-12;1-4-5-6-7-8-9-10-11(13)12(2)14-3;1-2-3-4-5-6-7-8-9(10)11;6-4-2-1-3-5(7)8-4;1-3-4-2;;;;;;/h9-11,15,18H,3-8,12H2,1-2H3;9-11H,3-8,12H2,1-2H3;8-9,11H,2-7,10H2,1H3;4-10H2,1-3H3;2-8H2,1H3,(H,10,11);1-3H;3H,1-2H3;5*1H4;1H. The fourth-order valence-corrected chi connectivity index (χ4v) is 9.91. The number of unbranched alkanes of at least 4 members (excludes halogenated alkanes) is 25. The van der Waals surface area contributed by atoms with Gasteiger partial charge in [0.1, 0.15) is 36.6 Å². The highest BCUT2D eigenvalue weighted by atomic mass is 79.9. The van der Waals surface area contributed by atoms with Gasteiger partial charge in [0.15, 0.2) is 11.6 Å². The molecule has 0 aliphatic carbocycles. The van der Waals surface area contributed by atoms with Gasteiger partial charge < -0.3 is 24.5 Å². The molecule has 582 valence electrons. The van der Waals surface area contributed by atoms with E-state index < -0.39 is 24.0 Å². The van der Waals surface area contributed by atoms with E-state index in [-0.39, 0.29) is 78.4 Å². The molecule has 1 atom stereocenters. The third-order valence-electron chi connectivity index (χ3n) is 14.3. The number of nitrogens with zero attached hydrogens (tertiary/aromatic N) is 5. The molecule has 1 unspecified atom stereocenters. The lowest BCUT2D eigenvalue weighted by molar-refractivity contribution is -0.168. The zero-order chi connectivity index (χ0) is 70.8. The van der Waals surface area contributed by atoms with Gasteiger partial charge in [-0.05, 0) is 128 Å². The van der Waals surface area contributed by atoms with E-state index >= 15 is 0 Å². The van der Waals surface area contributed by atoms with E-state index in [2.05, 4.69) is 122 Å². The van der Waals surface area contributed by atoms with Crippen LogP contribution in [0.25, 0.3) is 0 Å². The molecule has 0 spiro atoms. The second kappa shape index (κ2) is 83.3. The van der Waals surface area contributed by atoms with Gasteiger partial charge in [-0.15, -0.1) is 12.4 Å². The summed E-state index contributed by atoms with van der Waals surface area (Å²) in [5, 5.41) is 19.7. The number of ketones is 2. The van der Waals surface area contributed by atoms with Crippen LogP contribution < -0.4 is 5.48 Å². The minimum absolute atomic E-state index is 0. The Morgan fingerprint density at radius 2 is 0.730 bits per heavy atom. The van der Waals surface area contributed by atoms with Crippen LogP contribution in [0.5, 0.6) is 0 Å². The first-order valence-electron chi connectivity index (χ1n) is 34.3. The van der Waals surface area contributed by atoms with Crippen molar-refractivity contribution in [3.8, 4) is 0 Å². The normalized spacial score (nSPS) is 9.83. The molecule has 4 aromatic heterocycles. The Balaban J connectivity index is -0.000000141. The van der Waals surface area contributed by atoms with E-state index in [4.69, 9.17) is 9.94 Å². The molecule has 4 rings (SSSR count). The van der Waals surface area contributed by atoms with Crippen LogP contribution in [0.2, 0.25) is 0 Å². The number of hydrogen-bond donors (Lipinski definition) is 3. The number of methoxy groups -OCH3 is 2. The van der Waals surface area contributed by atoms with Gasteiger partial charge in [-0.1, -0.05) is 263 Å². The molecule has 4 heterocycles. The molecule has 22 heteroatoms. The van der Waals surface area contributed by atoms with Crippen LogP contribution in [0.1, 0.15) is 350 Å². The minimum Gasteiger partial charge on any atom is -0.481 e. The van der Waals surface area contributed by atoms with Crippen molar-refractivity contribution < 1.29 is 58.1 Å². The first kappa shape index (κ1) is 114. The highest BCUT2D eigenvalue weighted by Crippen LogP contribution is 2.20. The summed E-state index contributed by atoms with van der Waals surface area (Å²) < 4.78 is 11.7. The van der Waals surface area contributed by atoms with E-state index in [1.54, 1.807) is 63.7 Å². The number of rotatable bonds is 42. The monoisotopic (exact) mass is 1620 g/mol. The summed E-state index contributed by atoms with van der Waals surface area (Å²) in [4.78, 5) is 93.3. The maximum absolute atomic E-state index is 12.0. The van der Waals surface area contributed by atoms with Crippen LogP contribution in [-0.4, -0.2) is 113 Å². The molecule has 0 saturated carbocycles. The Hall–Kier alpha value is -4.61. The largest absolute Gasteiger partial charge is 0.481 e. The summed E-state index contributed by atoms with van der Waals surface area (Å²) >= 11 is 9.72. The summed E-state index contributed by atoms with van der Waals surface area (Å²) in [6.07, 6.45) is 37.5. The first-order valence-corrected chi connectivity index (χ1v) is 36.7. The quantitative estimate of drug-likeness (QED) is 0.0123. The average molecular weight is 1630 g/mol. The summed E-state index contributed by atoms with van der Waals surface area (Å²) in [5.74, 6) is -1.44. The highest BCUT2D eigenvalue weighted by molar-refractivity contribution is 9.11. The van der Waals surface area contributed by atoms with Crippen molar-refractivity contribution in [2.75, 3.05) is 42.5 Å². The summed E-state index contributed by atoms with van der Waals surface area (Å²) in [6.45, 7) is 11.0. The lowest BCUT2D eigenvalue weighted by atomic mass is 10.0. The Kier molecular flexibility index (Phi) is 94.9. The second-order valence-electron chi connectivity index (χ2n) is 22.3. The van der Waals surface area contributed by atoms with Gasteiger partial charge in [0.2, 0.25) is 5.91 Å². The summed E-state index contributed by atoms with van der Waals surface area (Å²) in [6, 6.07) is 21.1. The van der Waals surface area contributed by atoms with Gasteiger partial charge >= 0.3 is 17.9 Å². The molecule has 0 fully saturated rings. The maximum atomic E-state index is 12.0. The number of pyridine rings is 4. The first-order chi connectivity index (χ1) is 45.3. The smallest absolute Gasteiger partial charge is 0.356 e. The summed E-state index contributed by atoms with van der Waals surface area (Å²) in [5.41, 5.74) is 4.32. The van der Waals surface area contributed by atoms with Crippen molar-refractivity contribution in [1.29, 1.82) is 0 Å². The number of aliphatic hydroxyl groups is 1. The van der Waals surface area contributed by atoms with E-state index in [1.165, 1.54) is 155 Å². The number of aromatic nitrogens is 4. The number of hydrogen-bond acceptors (Lipinski definition) is 16. The van der Waals surface area contributed by atoms with Crippen LogP contribution in [-0.2, 0) is 28.7 Å². The zero-order valence-electron chi connectivity index (χ0n) is 59.5. The molecule has 1 amide bonds.